The van der Waals surface area contributed by atoms with E-state index in [0.29, 0.717) is 28.3 Å². The van der Waals surface area contributed by atoms with Gasteiger partial charge in [0.25, 0.3) is 0 Å². The molecule has 0 N–H and O–H groups in total. The minimum absolute atomic E-state index is 0.500. The Kier molecular flexibility index (Phi) is 5.42. The average Bonchev–Trinajstić information content (AvgIpc) is 2.41. The predicted octanol–water partition coefficient (Wildman–Crippen LogP) is 6.40. The summed E-state index contributed by atoms with van der Waals surface area (Å²) in [7, 11) is 0. The molecule has 0 saturated carbocycles. The second-order valence-electron chi connectivity index (χ2n) is 7.38. The van der Waals surface area contributed by atoms with Gasteiger partial charge in [0.2, 0.25) is 0 Å². The van der Waals surface area contributed by atoms with Crippen LogP contribution in [0.1, 0.15) is 87.9 Å². The highest BCUT2D eigenvalue weighted by Gasteiger charge is 2.29. The Bertz CT molecular complexity index is 571. The van der Waals surface area contributed by atoms with E-state index >= 15 is 0 Å². The molecule has 1 aliphatic rings. The first-order chi connectivity index (χ1) is 10.2. The number of hydrogen-bond acceptors (Lipinski definition) is 2. The van der Waals surface area contributed by atoms with Crippen molar-refractivity contribution in [1.82, 2.24) is 4.98 Å². The molecule has 1 aromatic rings. The van der Waals surface area contributed by atoms with Crippen molar-refractivity contribution in [3.05, 3.63) is 40.2 Å². The molecule has 3 atom stereocenters. The van der Waals surface area contributed by atoms with Gasteiger partial charge in [0, 0.05) is 28.3 Å². The molecular formula is C20H31NS. The number of hydrogen-bond donors (Lipinski definition) is 0. The quantitative estimate of drug-likeness (QED) is 0.586. The molecule has 122 valence electrons. The highest BCUT2D eigenvalue weighted by atomic mass is 32.2. The standard InChI is InChI=1S/C20H31NS/c1-11(2)17-9-13(5)15(7)22-16(8)19-14(6)21-10-18(12(3)4)20(17)19/h9-12,15-17H,1-8H3/b13-9-/t15-,16+,17?/m1/s1. The largest absolute Gasteiger partial charge is 0.261 e. The maximum Gasteiger partial charge on any atom is 0.0418 e. The predicted molar refractivity (Wildman–Crippen MR) is 99.9 cm³/mol. The SMILES string of the molecule is C/C1=C/C(C(C)C)c2c(C(C)C)cnc(C)c2[C@H](C)S[C@@H]1C. The van der Waals surface area contributed by atoms with Crippen LogP contribution < -0.4 is 0 Å². The molecule has 2 heteroatoms. The van der Waals surface area contributed by atoms with Gasteiger partial charge in [0.1, 0.15) is 0 Å². The number of thioether (sulfide) groups is 1. The van der Waals surface area contributed by atoms with E-state index < -0.39 is 0 Å². The molecule has 1 aliphatic heterocycles. The second kappa shape index (κ2) is 6.78. The molecule has 0 radical (unpaired) electrons. The number of nitrogens with zero attached hydrogens (tertiary/aromatic N) is 1. The molecule has 0 fully saturated rings. The molecule has 0 amide bonds. The molecule has 0 aromatic carbocycles. The van der Waals surface area contributed by atoms with Crippen LogP contribution in [0.4, 0.5) is 0 Å². The molecule has 0 saturated heterocycles. The van der Waals surface area contributed by atoms with Crippen LogP contribution in [0.3, 0.4) is 0 Å². The van der Waals surface area contributed by atoms with Crippen LogP contribution in [-0.4, -0.2) is 10.2 Å². The minimum Gasteiger partial charge on any atom is -0.261 e. The lowest BCUT2D eigenvalue weighted by molar-refractivity contribution is 0.560. The first kappa shape index (κ1) is 17.6. The fourth-order valence-electron chi connectivity index (χ4n) is 3.51. The van der Waals surface area contributed by atoms with Crippen molar-refractivity contribution in [3.63, 3.8) is 0 Å². The van der Waals surface area contributed by atoms with E-state index in [2.05, 4.69) is 79.4 Å². The molecule has 22 heavy (non-hydrogen) atoms. The van der Waals surface area contributed by atoms with Crippen LogP contribution in [0.5, 0.6) is 0 Å². The monoisotopic (exact) mass is 317 g/mol. The van der Waals surface area contributed by atoms with Gasteiger partial charge in [-0.3, -0.25) is 4.98 Å². The van der Waals surface area contributed by atoms with Gasteiger partial charge >= 0.3 is 0 Å². The lowest BCUT2D eigenvalue weighted by atomic mass is 9.78. The van der Waals surface area contributed by atoms with Crippen LogP contribution in [0.15, 0.2) is 17.8 Å². The van der Waals surface area contributed by atoms with Gasteiger partial charge in [-0.2, -0.15) is 0 Å². The van der Waals surface area contributed by atoms with Crippen LogP contribution in [0.2, 0.25) is 0 Å². The number of fused-ring (bicyclic) bond motifs is 1. The zero-order valence-electron chi connectivity index (χ0n) is 15.4. The summed E-state index contributed by atoms with van der Waals surface area (Å²) in [6.45, 7) is 18.5. The topological polar surface area (TPSA) is 12.9 Å². The van der Waals surface area contributed by atoms with Gasteiger partial charge in [-0.25, -0.2) is 0 Å². The van der Waals surface area contributed by atoms with Crippen molar-refractivity contribution in [2.24, 2.45) is 5.92 Å². The van der Waals surface area contributed by atoms with E-state index in [9.17, 15) is 0 Å². The molecular weight excluding hydrogens is 286 g/mol. The van der Waals surface area contributed by atoms with Crippen molar-refractivity contribution < 1.29 is 0 Å². The van der Waals surface area contributed by atoms with E-state index in [1.807, 2.05) is 0 Å². The van der Waals surface area contributed by atoms with E-state index in [1.165, 1.54) is 22.4 Å². The Labute approximate surface area is 141 Å². The number of aromatic nitrogens is 1. The minimum atomic E-state index is 0.500. The lowest BCUT2D eigenvalue weighted by Gasteiger charge is -2.33. The molecule has 2 heterocycles. The third-order valence-corrected chi connectivity index (χ3v) is 6.38. The number of rotatable bonds is 2. The maximum absolute atomic E-state index is 4.74. The highest BCUT2D eigenvalue weighted by Crippen LogP contribution is 2.46. The summed E-state index contributed by atoms with van der Waals surface area (Å²) in [6, 6.07) is 0. The van der Waals surface area contributed by atoms with E-state index in [0.717, 1.165) is 0 Å². The summed E-state index contributed by atoms with van der Waals surface area (Å²) in [5.74, 6) is 1.63. The summed E-state index contributed by atoms with van der Waals surface area (Å²) < 4.78 is 0. The number of aryl methyl sites for hydroxylation is 1. The second-order valence-corrected chi connectivity index (χ2v) is 9.07. The van der Waals surface area contributed by atoms with Gasteiger partial charge < -0.3 is 0 Å². The van der Waals surface area contributed by atoms with Gasteiger partial charge in [0.15, 0.2) is 0 Å². The Balaban J connectivity index is 2.78. The zero-order valence-corrected chi connectivity index (χ0v) is 16.2. The Hall–Kier alpha value is -0.760. The van der Waals surface area contributed by atoms with E-state index in [-0.39, 0.29) is 0 Å². The normalized spacial score (nSPS) is 28.1. The summed E-state index contributed by atoms with van der Waals surface area (Å²) in [6.07, 6.45) is 4.65. The fraction of sp³-hybridized carbons (Fsp3) is 0.650. The number of allylic oxidation sites excluding steroid dienone is 1. The summed E-state index contributed by atoms with van der Waals surface area (Å²) in [4.78, 5) is 4.74. The van der Waals surface area contributed by atoms with Gasteiger partial charge in [-0.05, 0) is 56.2 Å². The Morgan fingerprint density at radius 3 is 2.18 bits per heavy atom. The third-order valence-electron chi connectivity index (χ3n) is 4.96. The average molecular weight is 318 g/mol. The Morgan fingerprint density at radius 2 is 1.64 bits per heavy atom. The van der Waals surface area contributed by atoms with E-state index in [1.54, 1.807) is 5.56 Å². The van der Waals surface area contributed by atoms with Gasteiger partial charge in [-0.1, -0.05) is 39.3 Å². The van der Waals surface area contributed by atoms with Crippen LogP contribution >= 0.6 is 11.8 Å². The van der Waals surface area contributed by atoms with Gasteiger partial charge in [0.05, 0.1) is 0 Å². The van der Waals surface area contributed by atoms with Crippen LogP contribution in [0, 0.1) is 12.8 Å². The molecule has 0 aliphatic carbocycles. The van der Waals surface area contributed by atoms with Crippen molar-refractivity contribution in [1.29, 1.82) is 0 Å². The smallest absolute Gasteiger partial charge is 0.0418 e. The molecule has 1 aromatic heterocycles. The summed E-state index contributed by atoms with van der Waals surface area (Å²) in [5, 5.41) is 1.08. The number of pyridine rings is 1. The molecule has 1 unspecified atom stereocenters. The first-order valence-corrected chi connectivity index (χ1v) is 9.51. The van der Waals surface area contributed by atoms with Crippen LogP contribution in [0.25, 0.3) is 0 Å². The Morgan fingerprint density at radius 1 is 1.00 bits per heavy atom. The van der Waals surface area contributed by atoms with Crippen molar-refractivity contribution in [3.8, 4) is 0 Å². The lowest BCUT2D eigenvalue weighted by Crippen LogP contribution is -2.19. The zero-order chi connectivity index (χ0) is 16.6. The molecule has 1 nitrogen and oxygen atoms in total. The van der Waals surface area contributed by atoms with E-state index in [4.69, 9.17) is 4.98 Å². The van der Waals surface area contributed by atoms with Crippen LogP contribution in [-0.2, 0) is 0 Å². The van der Waals surface area contributed by atoms with Gasteiger partial charge in [-0.15, -0.1) is 11.8 Å². The molecule has 0 bridgehead atoms. The fourth-order valence-corrected chi connectivity index (χ4v) is 4.85. The molecule has 0 spiro atoms. The van der Waals surface area contributed by atoms with Crippen molar-refractivity contribution >= 4 is 11.8 Å². The summed E-state index contributed by atoms with van der Waals surface area (Å²) in [5.41, 5.74) is 7.22. The maximum atomic E-state index is 4.74. The van der Waals surface area contributed by atoms with Crippen molar-refractivity contribution in [2.75, 3.05) is 0 Å². The first-order valence-electron chi connectivity index (χ1n) is 8.57. The van der Waals surface area contributed by atoms with Crippen molar-refractivity contribution in [2.45, 2.75) is 77.7 Å². The molecule has 2 rings (SSSR count). The summed E-state index contributed by atoms with van der Waals surface area (Å²) >= 11 is 2.07. The highest BCUT2D eigenvalue weighted by molar-refractivity contribution is 8.00. The third kappa shape index (κ3) is 3.27.